The Balaban J connectivity index is 3.30. The van der Waals surface area contributed by atoms with Crippen LogP contribution >= 0.6 is 7.41 Å². The van der Waals surface area contributed by atoms with E-state index in [1.54, 1.807) is 0 Å². The van der Waals surface area contributed by atoms with E-state index in [0.29, 0.717) is 0 Å². The summed E-state index contributed by atoms with van der Waals surface area (Å²) in [5.41, 5.74) is 2.70. The first-order chi connectivity index (χ1) is 7.90. The van der Waals surface area contributed by atoms with E-state index in [9.17, 15) is 0 Å². The number of hydrogen-bond donors (Lipinski definition) is 0. The van der Waals surface area contributed by atoms with Gasteiger partial charge in [-0.1, -0.05) is 0 Å². The fourth-order valence-corrected chi connectivity index (χ4v) is 3.35. The molecule has 0 aromatic rings. The van der Waals surface area contributed by atoms with Crippen molar-refractivity contribution in [2.45, 2.75) is 20.8 Å². The van der Waals surface area contributed by atoms with Crippen molar-refractivity contribution >= 4 is 27.4 Å². The Hall–Kier alpha value is -0.415. The molecule has 0 spiro atoms. The Labute approximate surface area is 108 Å². The monoisotopic (exact) mass is 240 g/mol. The van der Waals surface area contributed by atoms with Gasteiger partial charge in [0.15, 0.2) is 0 Å². The third-order valence-electron chi connectivity index (χ3n) is 2.96. The van der Waals surface area contributed by atoms with Crippen LogP contribution in [0.5, 0.6) is 0 Å². The summed E-state index contributed by atoms with van der Waals surface area (Å²) in [6.45, 7) is 23.4. The summed E-state index contributed by atoms with van der Waals surface area (Å²) in [5, 5.41) is 1.39. The van der Waals surface area contributed by atoms with Gasteiger partial charge >= 0.3 is 108 Å². The van der Waals surface area contributed by atoms with Crippen LogP contribution in [-0.4, -0.2) is 26.7 Å². The average molecular weight is 240 g/mol. The molecular formula is C13H20B3P. The van der Waals surface area contributed by atoms with Crippen LogP contribution in [-0.2, 0) is 0 Å². The van der Waals surface area contributed by atoms with Gasteiger partial charge < -0.3 is 0 Å². The van der Waals surface area contributed by atoms with Crippen LogP contribution in [0.1, 0.15) is 20.8 Å². The zero-order chi connectivity index (χ0) is 13.1. The molecular weight excluding hydrogens is 220 g/mol. The van der Waals surface area contributed by atoms with Crippen molar-refractivity contribution in [1.29, 1.82) is 0 Å². The molecule has 0 aromatic carbocycles. The third kappa shape index (κ3) is 3.78. The van der Waals surface area contributed by atoms with Crippen LogP contribution in [0.3, 0.4) is 0 Å². The van der Waals surface area contributed by atoms with Crippen LogP contribution in [0.2, 0.25) is 0 Å². The topological polar surface area (TPSA) is 0 Å². The molecule has 1 rings (SSSR count). The summed E-state index contributed by atoms with van der Waals surface area (Å²) in [6, 6.07) is 0. The molecule has 1 aliphatic heterocycles. The predicted molar refractivity (Wildman–Crippen MR) is 86.5 cm³/mol. The summed E-state index contributed by atoms with van der Waals surface area (Å²) in [7, 11) is -0.558. The van der Waals surface area contributed by atoms with E-state index in [0.717, 1.165) is 0 Å². The van der Waals surface area contributed by atoms with Gasteiger partial charge in [0.1, 0.15) is 0 Å². The number of rotatable bonds is 3. The Bertz CT molecular complexity index is 460. The van der Waals surface area contributed by atoms with Crippen LogP contribution < -0.4 is 0 Å². The molecule has 4 heteroatoms. The Morgan fingerprint density at radius 3 is 2.41 bits per heavy atom. The van der Waals surface area contributed by atoms with Crippen molar-refractivity contribution in [1.82, 2.24) is 0 Å². The van der Waals surface area contributed by atoms with E-state index in [2.05, 4.69) is 66.7 Å². The van der Waals surface area contributed by atoms with Crippen molar-refractivity contribution in [3.8, 4) is 0 Å². The molecule has 17 heavy (non-hydrogen) atoms. The zero-order valence-electron chi connectivity index (χ0n) is 11.4. The second-order valence-electron chi connectivity index (χ2n) is 5.34. The van der Waals surface area contributed by atoms with Gasteiger partial charge in [0.25, 0.3) is 0 Å². The SMILES string of the molecule is C=CC1=C(/C=C(\C=C)C(C)(C)C)B=BB=[PH]1C. The first kappa shape index (κ1) is 14.6. The fraction of sp³-hybridized carbons (Fsp3) is 0.385. The first-order valence-electron chi connectivity index (χ1n) is 5.97. The molecule has 0 saturated carbocycles. The normalized spacial score (nSPS) is 19.8. The van der Waals surface area contributed by atoms with Gasteiger partial charge in [-0.2, -0.15) is 0 Å². The van der Waals surface area contributed by atoms with Gasteiger partial charge in [0, 0.05) is 0 Å². The van der Waals surface area contributed by atoms with Gasteiger partial charge in [0.05, 0.1) is 0 Å². The van der Waals surface area contributed by atoms with E-state index < -0.39 is 7.41 Å². The molecule has 0 fully saturated rings. The molecule has 0 N–H and O–H groups in total. The summed E-state index contributed by atoms with van der Waals surface area (Å²) < 4.78 is 0. The molecule has 1 aliphatic rings. The van der Waals surface area contributed by atoms with Crippen molar-refractivity contribution < 1.29 is 0 Å². The van der Waals surface area contributed by atoms with Gasteiger partial charge in [-0.05, 0) is 0 Å². The maximum absolute atomic E-state index is 3.94. The first-order valence-corrected chi connectivity index (χ1v) is 8.04. The quantitative estimate of drug-likeness (QED) is 0.403. The molecule has 86 valence electrons. The van der Waals surface area contributed by atoms with Crippen LogP contribution in [0, 0.1) is 5.41 Å². The Morgan fingerprint density at radius 2 is 1.94 bits per heavy atom. The molecule has 0 amide bonds. The van der Waals surface area contributed by atoms with E-state index >= 15 is 0 Å². The minimum absolute atomic E-state index is 0.136. The van der Waals surface area contributed by atoms with E-state index in [1.807, 2.05) is 12.2 Å². The van der Waals surface area contributed by atoms with E-state index in [4.69, 9.17) is 0 Å². The summed E-state index contributed by atoms with van der Waals surface area (Å²) >= 11 is 0. The Kier molecular flexibility index (Phi) is 5.13. The third-order valence-corrected chi connectivity index (χ3v) is 4.99. The van der Waals surface area contributed by atoms with Crippen LogP contribution in [0.15, 0.2) is 47.7 Å². The van der Waals surface area contributed by atoms with E-state index in [1.165, 1.54) is 16.4 Å². The molecule has 1 atom stereocenters. The molecule has 0 saturated heterocycles. The van der Waals surface area contributed by atoms with Gasteiger partial charge in [-0.15, -0.1) is 0 Å². The second kappa shape index (κ2) is 5.96. The molecule has 1 unspecified atom stereocenters. The molecule has 1 heterocycles. The van der Waals surface area contributed by atoms with Crippen molar-refractivity contribution in [2.24, 2.45) is 5.41 Å². The standard InChI is InChI=1S/C13H20B3P/c1-7-10(13(3,4)5)9-11-12(8-2)17(6)16-15-14-11/h7-9,17H,1-2H2,3-6H3/b10-9+. The fourth-order valence-electron chi connectivity index (χ4n) is 1.86. The Morgan fingerprint density at radius 1 is 1.29 bits per heavy atom. The summed E-state index contributed by atoms with van der Waals surface area (Å²) in [4.78, 5) is 0. The number of hydrogen-bond acceptors (Lipinski definition) is 0. The predicted octanol–water partition coefficient (Wildman–Crippen LogP) is 3.26. The minimum atomic E-state index is -0.558. The van der Waals surface area contributed by atoms with Crippen molar-refractivity contribution in [2.75, 3.05) is 6.66 Å². The number of allylic oxidation sites excluding steroid dienone is 6. The molecule has 0 bridgehead atoms. The van der Waals surface area contributed by atoms with Gasteiger partial charge in [-0.25, -0.2) is 0 Å². The van der Waals surface area contributed by atoms with Crippen molar-refractivity contribution in [3.63, 3.8) is 0 Å². The second-order valence-corrected chi connectivity index (χ2v) is 7.57. The molecule has 0 aromatic heterocycles. The summed E-state index contributed by atoms with van der Waals surface area (Å²) in [5.74, 6) is 0. The molecule has 0 nitrogen and oxygen atoms in total. The average Bonchev–Trinajstić information content (AvgIpc) is 2.24. The van der Waals surface area contributed by atoms with Crippen LogP contribution in [0.25, 0.3) is 0 Å². The van der Waals surface area contributed by atoms with Crippen LogP contribution in [0.4, 0.5) is 0 Å². The maximum atomic E-state index is 3.94. The van der Waals surface area contributed by atoms with E-state index in [-0.39, 0.29) is 5.41 Å². The van der Waals surface area contributed by atoms with Gasteiger partial charge in [-0.3, -0.25) is 0 Å². The van der Waals surface area contributed by atoms with Crippen molar-refractivity contribution in [3.05, 3.63) is 47.7 Å². The zero-order valence-corrected chi connectivity index (χ0v) is 12.4. The summed E-state index contributed by atoms with van der Waals surface area (Å²) in [6.07, 6.45) is 6.22. The molecule has 0 aliphatic carbocycles. The van der Waals surface area contributed by atoms with Gasteiger partial charge in [0.2, 0.25) is 0 Å². The molecule has 0 radical (unpaired) electrons.